The molecule has 0 aromatic carbocycles. The van der Waals surface area contributed by atoms with E-state index >= 15 is 0 Å². The van der Waals surface area contributed by atoms with Gasteiger partial charge in [0.05, 0.1) is 13.2 Å². The van der Waals surface area contributed by atoms with Crippen LogP contribution < -0.4 is 0 Å². The van der Waals surface area contributed by atoms with Gasteiger partial charge in [0.25, 0.3) is 0 Å². The Kier molecular flexibility index (Phi) is 8.77. The van der Waals surface area contributed by atoms with Gasteiger partial charge in [-0.1, -0.05) is 18.3 Å². The van der Waals surface area contributed by atoms with Gasteiger partial charge in [-0.15, -0.1) is 0 Å². The monoisotopic (exact) mass is 244 g/mol. The zero-order valence-corrected chi connectivity index (χ0v) is 10.6. The summed E-state index contributed by atoms with van der Waals surface area (Å²) in [7, 11) is 0. The van der Waals surface area contributed by atoms with Crippen molar-refractivity contribution in [3.05, 3.63) is 0 Å². The van der Waals surface area contributed by atoms with Crippen molar-refractivity contribution in [3.8, 4) is 0 Å². The molecule has 1 atom stereocenters. The summed E-state index contributed by atoms with van der Waals surface area (Å²) in [5.74, 6) is 0.700. The lowest BCUT2D eigenvalue weighted by atomic mass is 10.5. The Morgan fingerprint density at radius 1 is 1.38 bits per heavy atom. The molecular weight excluding hydrogens is 227 g/mol. The van der Waals surface area contributed by atoms with Gasteiger partial charge >= 0.3 is 0 Å². The van der Waals surface area contributed by atoms with Crippen LogP contribution >= 0.6 is 17.1 Å². The fraction of sp³-hybridized carbons (Fsp3) is 1.00. The number of rotatable bonds is 8. The smallest absolute Gasteiger partial charge is 0.244 e. The predicted molar refractivity (Wildman–Crippen MR) is 61.7 cm³/mol. The molecule has 0 spiro atoms. The molecule has 80 valence electrons. The van der Waals surface area contributed by atoms with Crippen molar-refractivity contribution in [1.82, 2.24) is 0 Å². The van der Waals surface area contributed by atoms with E-state index in [9.17, 15) is 4.89 Å². The summed E-state index contributed by atoms with van der Waals surface area (Å²) in [6.45, 7) is 5.78. The second-order valence-electron chi connectivity index (χ2n) is 2.33. The highest BCUT2D eigenvalue weighted by atomic mass is 32.9. The summed E-state index contributed by atoms with van der Waals surface area (Å²) >= 11 is 6.20. The average molecular weight is 244 g/mol. The first kappa shape index (κ1) is 13.9. The highest BCUT2D eigenvalue weighted by molar-refractivity contribution is 8.67. The summed E-state index contributed by atoms with van der Waals surface area (Å²) in [6, 6.07) is 0. The van der Waals surface area contributed by atoms with E-state index in [0.29, 0.717) is 25.6 Å². The van der Waals surface area contributed by atoms with Crippen LogP contribution in [0, 0.1) is 0 Å². The average Bonchev–Trinajstić information content (AvgIpc) is 2.09. The van der Waals surface area contributed by atoms with Crippen molar-refractivity contribution < 1.29 is 14.2 Å². The van der Waals surface area contributed by atoms with Crippen LogP contribution in [0.3, 0.4) is 0 Å². The second-order valence-corrected chi connectivity index (χ2v) is 8.63. The lowest BCUT2D eigenvalue weighted by molar-refractivity contribution is 0.164. The van der Waals surface area contributed by atoms with Crippen LogP contribution in [0.5, 0.6) is 0 Å². The molecule has 1 unspecified atom stereocenters. The van der Waals surface area contributed by atoms with E-state index in [1.54, 1.807) is 0 Å². The summed E-state index contributed by atoms with van der Waals surface area (Å²) in [5, 5.41) is 0. The zero-order chi connectivity index (χ0) is 10.2. The maximum atomic E-state index is 9.56. The molecule has 3 nitrogen and oxygen atoms in total. The van der Waals surface area contributed by atoms with Gasteiger partial charge in [0, 0.05) is 12.4 Å². The minimum atomic E-state index is -2.58. The summed E-state index contributed by atoms with van der Waals surface area (Å²) in [6.07, 6.45) is 0.880. The second kappa shape index (κ2) is 8.21. The van der Waals surface area contributed by atoms with Crippen molar-refractivity contribution in [2.24, 2.45) is 0 Å². The first-order chi connectivity index (χ1) is 6.12. The van der Waals surface area contributed by atoms with E-state index in [0.717, 1.165) is 6.42 Å². The van der Waals surface area contributed by atoms with Gasteiger partial charge in [-0.2, -0.15) is 0 Å². The molecule has 0 aromatic rings. The van der Waals surface area contributed by atoms with Crippen LogP contribution in [0.2, 0.25) is 0 Å². The Balaban J connectivity index is 3.45. The van der Waals surface area contributed by atoms with Crippen LogP contribution in [0.15, 0.2) is 0 Å². The quantitative estimate of drug-likeness (QED) is 0.524. The number of hydrogen-bond acceptors (Lipinski definition) is 4. The zero-order valence-electron chi connectivity index (χ0n) is 8.06. The Hall–Kier alpha value is 0.880. The Bertz CT molecular complexity index is 166. The molecule has 0 radical (unpaired) electrons. The number of ether oxygens (including phenoxy) is 1. The lowest BCUT2D eigenvalue weighted by Gasteiger charge is -2.13. The molecule has 0 rings (SSSR count). The molecule has 0 saturated heterocycles. The van der Waals surface area contributed by atoms with Crippen LogP contribution in [-0.4, -0.2) is 30.5 Å². The SMILES string of the molecule is CCCOP(O)(=S)SCCOCC. The van der Waals surface area contributed by atoms with Crippen molar-refractivity contribution in [2.45, 2.75) is 20.3 Å². The molecule has 0 saturated carbocycles. The largest absolute Gasteiger partial charge is 0.381 e. The molecule has 0 heterocycles. The third-order valence-corrected chi connectivity index (χ3v) is 5.44. The van der Waals surface area contributed by atoms with Gasteiger partial charge in [0.2, 0.25) is 5.69 Å². The van der Waals surface area contributed by atoms with E-state index < -0.39 is 5.69 Å². The van der Waals surface area contributed by atoms with Gasteiger partial charge < -0.3 is 14.2 Å². The van der Waals surface area contributed by atoms with Gasteiger partial charge in [-0.25, -0.2) is 0 Å². The number of hydrogen-bond donors (Lipinski definition) is 1. The van der Waals surface area contributed by atoms with Crippen LogP contribution in [0.4, 0.5) is 0 Å². The van der Waals surface area contributed by atoms with Crippen LogP contribution in [-0.2, 0) is 21.1 Å². The van der Waals surface area contributed by atoms with E-state index in [2.05, 4.69) is 0 Å². The Morgan fingerprint density at radius 3 is 2.62 bits per heavy atom. The summed E-state index contributed by atoms with van der Waals surface area (Å²) in [4.78, 5) is 9.56. The molecule has 0 fully saturated rings. The maximum absolute atomic E-state index is 9.56. The summed E-state index contributed by atoms with van der Waals surface area (Å²) < 4.78 is 10.3. The molecule has 1 N–H and O–H groups in total. The minimum Gasteiger partial charge on any atom is -0.381 e. The fourth-order valence-electron chi connectivity index (χ4n) is 0.600. The topological polar surface area (TPSA) is 38.7 Å². The molecule has 0 aromatic heterocycles. The standard InChI is InChI=1S/C7H17O3PS2/c1-3-5-10-11(8,12)13-7-6-9-4-2/h3-7H2,1-2H3,(H,8,12). The molecule has 0 aliphatic heterocycles. The normalized spacial score (nSPS) is 15.6. The first-order valence-corrected chi connectivity index (χ1v) is 8.58. The van der Waals surface area contributed by atoms with E-state index in [1.807, 2.05) is 13.8 Å². The van der Waals surface area contributed by atoms with Gasteiger partial charge in [0.1, 0.15) is 0 Å². The van der Waals surface area contributed by atoms with E-state index in [4.69, 9.17) is 21.1 Å². The predicted octanol–water partition coefficient (Wildman–Crippen LogP) is 2.40. The van der Waals surface area contributed by atoms with Crippen LogP contribution in [0.1, 0.15) is 20.3 Å². The molecular formula is C7H17O3PS2. The van der Waals surface area contributed by atoms with Crippen LogP contribution in [0.25, 0.3) is 0 Å². The fourth-order valence-corrected chi connectivity index (χ4v) is 3.77. The first-order valence-electron chi connectivity index (χ1n) is 4.32. The summed E-state index contributed by atoms with van der Waals surface area (Å²) in [5.41, 5.74) is -2.58. The molecule has 0 amide bonds. The third kappa shape index (κ3) is 9.19. The minimum absolute atomic E-state index is 0.537. The lowest BCUT2D eigenvalue weighted by Crippen LogP contribution is -1.97. The molecule has 6 heteroatoms. The third-order valence-electron chi connectivity index (χ3n) is 1.14. The Morgan fingerprint density at radius 2 is 2.08 bits per heavy atom. The Labute approximate surface area is 89.1 Å². The molecule has 0 aliphatic carbocycles. The van der Waals surface area contributed by atoms with Gasteiger partial charge in [-0.3, -0.25) is 0 Å². The molecule has 13 heavy (non-hydrogen) atoms. The highest BCUT2D eigenvalue weighted by Crippen LogP contribution is 2.55. The van der Waals surface area contributed by atoms with Gasteiger partial charge in [0.15, 0.2) is 0 Å². The van der Waals surface area contributed by atoms with Crippen molar-refractivity contribution in [3.63, 3.8) is 0 Å². The van der Waals surface area contributed by atoms with Gasteiger partial charge in [-0.05, 0) is 25.2 Å². The maximum Gasteiger partial charge on any atom is 0.244 e. The van der Waals surface area contributed by atoms with E-state index in [-0.39, 0.29) is 0 Å². The van der Waals surface area contributed by atoms with E-state index in [1.165, 1.54) is 11.4 Å². The molecule has 0 aliphatic rings. The van der Waals surface area contributed by atoms with Crippen molar-refractivity contribution in [2.75, 3.05) is 25.6 Å². The highest BCUT2D eigenvalue weighted by Gasteiger charge is 2.13. The van der Waals surface area contributed by atoms with Crippen molar-refractivity contribution in [1.29, 1.82) is 0 Å². The molecule has 0 bridgehead atoms. The van der Waals surface area contributed by atoms with Crippen molar-refractivity contribution >= 4 is 28.9 Å².